The zero-order valence-corrected chi connectivity index (χ0v) is 20.7. The molecule has 2 aromatic carbocycles. The number of hydrogen-bond acceptors (Lipinski definition) is 0. The highest BCUT2D eigenvalue weighted by Gasteiger charge is 2.19. The molecule has 0 heterocycles. The molecule has 0 radical (unpaired) electrons. The maximum atomic E-state index is 2.54. The molecular formula is C30H46. The number of benzene rings is 2. The average Bonchev–Trinajstić information content (AvgIpc) is 2.80. The van der Waals surface area contributed by atoms with Gasteiger partial charge in [-0.15, -0.1) is 0 Å². The molecular weight excluding hydrogens is 360 g/mol. The van der Waals surface area contributed by atoms with E-state index >= 15 is 0 Å². The summed E-state index contributed by atoms with van der Waals surface area (Å²) in [4.78, 5) is 0. The Morgan fingerprint density at radius 3 is 1.83 bits per heavy atom. The highest BCUT2D eigenvalue weighted by molar-refractivity contribution is 5.35. The van der Waals surface area contributed by atoms with Crippen LogP contribution in [-0.4, -0.2) is 0 Å². The third kappa shape index (κ3) is 6.73. The summed E-state index contributed by atoms with van der Waals surface area (Å²) in [6.45, 7) is 13.9. The lowest BCUT2D eigenvalue weighted by atomic mass is 9.80. The molecule has 0 saturated heterocycles. The molecule has 30 heavy (non-hydrogen) atoms. The van der Waals surface area contributed by atoms with E-state index in [2.05, 4.69) is 77.9 Å². The van der Waals surface area contributed by atoms with Gasteiger partial charge >= 0.3 is 0 Å². The highest BCUT2D eigenvalue weighted by atomic mass is 14.2. The lowest BCUT2D eigenvalue weighted by molar-refractivity contribution is 0.399. The van der Waals surface area contributed by atoms with Crippen LogP contribution < -0.4 is 0 Å². The monoisotopic (exact) mass is 406 g/mol. The van der Waals surface area contributed by atoms with Crippen molar-refractivity contribution in [1.82, 2.24) is 0 Å². The Morgan fingerprint density at radius 2 is 1.27 bits per heavy atom. The summed E-state index contributed by atoms with van der Waals surface area (Å²) in [5.74, 6) is 1.46. The second-order valence-electron chi connectivity index (χ2n) is 9.10. The molecule has 0 aromatic heterocycles. The molecule has 0 heteroatoms. The van der Waals surface area contributed by atoms with Gasteiger partial charge < -0.3 is 0 Å². The Hall–Kier alpha value is -1.56. The Bertz CT molecular complexity index is 755. The smallest absolute Gasteiger partial charge is 0.0159 e. The van der Waals surface area contributed by atoms with Crippen LogP contribution >= 0.6 is 0 Å². The van der Waals surface area contributed by atoms with Gasteiger partial charge in [0, 0.05) is 0 Å². The summed E-state index contributed by atoms with van der Waals surface area (Å²) in [5.41, 5.74) is 9.30. The maximum absolute atomic E-state index is 2.54. The van der Waals surface area contributed by atoms with Crippen LogP contribution in [0.5, 0.6) is 0 Å². The SMILES string of the molecule is CCCCC(CC(CC)Cc1ccc(CC)c(CC)c1)c1ccc(CC)c(CC)c1. The average molecular weight is 407 g/mol. The second kappa shape index (κ2) is 13.0. The van der Waals surface area contributed by atoms with Gasteiger partial charge in [-0.3, -0.25) is 0 Å². The molecule has 2 atom stereocenters. The summed E-state index contributed by atoms with van der Waals surface area (Å²) in [7, 11) is 0. The van der Waals surface area contributed by atoms with Crippen LogP contribution in [0.2, 0.25) is 0 Å². The summed E-state index contributed by atoms with van der Waals surface area (Å²) >= 11 is 0. The first-order chi connectivity index (χ1) is 14.6. The fraction of sp³-hybridized carbons (Fsp3) is 0.600. The standard InChI is InChI=1S/C30H46/c1-7-13-14-29(30-18-17-26(10-4)28(12-6)22-30)20-23(8-2)19-24-15-16-25(9-3)27(11-5)21-24/h15-18,21-23,29H,7-14,19-20H2,1-6H3. The van der Waals surface area contributed by atoms with Crippen molar-refractivity contribution in [2.45, 2.75) is 112 Å². The van der Waals surface area contributed by atoms with Crippen LogP contribution in [-0.2, 0) is 32.1 Å². The van der Waals surface area contributed by atoms with E-state index in [9.17, 15) is 0 Å². The first-order valence-corrected chi connectivity index (χ1v) is 12.8. The zero-order valence-electron chi connectivity index (χ0n) is 20.7. The third-order valence-electron chi connectivity index (χ3n) is 7.12. The highest BCUT2D eigenvalue weighted by Crippen LogP contribution is 2.33. The molecule has 166 valence electrons. The third-order valence-corrected chi connectivity index (χ3v) is 7.12. The van der Waals surface area contributed by atoms with Crippen molar-refractivity contribution in [1.29, 1.82) is 0 Å². The molecule has 0 spiro atoms. The van der Waals surface area contributed by atoms with E-state index in [1.807, 2.05) is 0 Å². The largest absolute Gasteiger partial charge is 0.0654 e. The molecule has 0 N–H and O–H groups in total. The fourth-order valence-electron chi connectivity index (χ4n) is 5.06. The van der Waals surface area contributed by atoms with Gasteiger partial charge in [0.05, 0.1) is 0 Å². The minimum atomic E-state index is 0.701. The van der Waals surface area contributed by atoms with Gasteiger partial charge in [-0.25, -0.2) is 0 Å². The molecule has 2 aromatic rings. The lowest BCUT2D eigenvalue weighted by Gasteiger charge is -2.25. The minimum absolute atomic E-state index is 0.701. The van der Waals surface area contributed by atoms with Gasteiger partial charge in [-0.05, 0) is 90.2 Å². The van der Waals surface area contributed by atoms with Crippen LogP contribution in [0.15, 0.2) is 36.4 Å². The molecule has 0 aliphatic rings. The van der Waals surface area contributed by atoms with E-state index in [-0.39, 0.29) is 0 Å². The molecule has 0 saturated carbocycles. The number of hydrogen-bond donors (Lipinski definition) is 0. The molecule has 2 unspecified atom stereocenters. The van der Waals surface area contributed by atoms with Crippen LogP contribution in [0.25, 0.3) is 0 Å². The zero-order chi connectivity index (χ0) is 21.9. The Kier molecular flexibility index (Phi) is 10.7. The van der Waals surface area contributed by atoms with Crippen molar-refractivity contribution in [3.8, 4) is 0 Å². The minimum Gasteiger partial charge on any atom is -0.0654 e. The van der Waals surface area contributed by atoms with E-state index in [4.69, 9.17) is 0 Å². The van der Waals surface area contributed by atoms with Crippen LogP contribution in [0, 0.1) is 5.92 Å². The van der Waals surface area contributed by atoms with Crippen LogP contribution in [0.3, 0.4) is 0 Å². The normalized spacial score (nSPS) is 13.4. The summed E-state index contributed by atoms with van der Waals surface area (Å²) < 4.78 is 0. The van der Waals surface area contributed by atoms with Gasteiger partial charge in [0.15, 0.2) is 0 Å². The van der Waals surface area contributed by atoms with Crippen molar-refractivity contribution in [2.75, 3.05) is 0 Å². The molecule has 0 aliphatic heterocycles. The predicted octanol–water partition coefficient (Wildman–Crippen LogP) is 8.87. The second-order valence-corrected chi connectivity index (χ2v) is 9.10. The fourth-order valence-corrected chi connectivity index (χ4v) is 5.06. The summed E-state index contributed by atoms with van der Waals surface area (Å²) in [5, 5.41) is 0. The van der Waals surface area contributed by atoms with E-state index in [1.54, 1.807) is 22.3 Å². The summed E-state index contributed by atoms with van der Waals surface area (Å²) in [6.07, 6.45) is 12.4. The van der Waals surface area contributed by atoms with Crippen molar-refractivity contribution in [3.63, 3.8) is 0 Å². The van der Waals surface area contributed by atoms with Crippen LogP contribution in [0.1, 0.15) is 113 Å². The summed E-state index contributed by atoms with van der Waals surface area (Å²) in [6, 6.07) is 14.7. The Balaban J connectivity index is 2.21. The van der Waals surface area contributed by atoms with Gasteiger partial charge in [0.25, 0.3) is 0 Å². The molecule has 0 aliphatic carbocycles. The first kappa shape index (κ1) is 24.7. The van der Waals surface area contributed by atoms with Gasteiger partial charge in [0.1, 0.15) is 0 Å². The maximum Gasteiger partial charge on any atom is -0.0159 e. The molecule has 0 bridgehead atoms. The van der Waals surface area contributed by atoms with E-state index < -0.39 is 0 Å². The topological polar surface area (TPSA) is 0 Å². The van der Waals surface area contributed by atoms with E-state index in [0.717, 1.165) is 31.6 Å². The first-order valence-electron chi connectivity index (χ1n) is 12.8. The quantitative estimate of drug-likeness (QED) is 0.311. The molecule has 2 rings (SSSR count). The van der Waals surface area contributed by atoms with E-state index in [1.165, 1.54) is 49.7 Å². The van der Waals surface area contributed by atoms with Crippen molar-refractivity contribution in [2.24, 2.45) is 5.92 Å². The Morgan fingerprint density at radius 1 is 0.667 bits per heavy atom. The van der Waals surface area contributed by atoms with Gasteiger partial charge in [-0.2, -0.15) is 0 Å². The molecule has 0 fully saturated rings. The molecule has 0 amide bonds. The van der Waals surface area contributed by atoms with Crippen molar-refractivity contribution in [3.05, 3.63) is 69.8 Å². The molecule has 0 nitrogen and oxygen atoms in total. The Labute approximate surface area is 187 Å². The van der Waals surface area contributed by atoms with Crippen molar-refractivity contribution >= 4 is 0 Å². The number of rotatable bonds is 13. The number of unbranched alkanes of at least 4 members (excludes halogenated alkanes) is 1. The van der Waals surface area contributed by atoms with Crippen molar-refractivity contribution < 1.29 is 0 Å². The van der Waals surface area contributed by atoms with Gasteiger partial charge in [0.2, 0.25) is 0 Å². The predicted molar refractivity (Wildman–Crippen MR) is 135 cm³/mol. The van der Waals surface area contributed by atoms with E-state index in [0.29, 0.717) is 5.92 Å². The van der Waals surface area contributed by atoms with Crippen LogP contribution in [0.4, 0.5) is 0 Å². The van der Waals surface area contributed by atoms with Gasteiger partial charge in [-0.1, -0.05) is 97.2 Å². The lowest BCUT2D eigenvalue weighted by Crippen LogP contribution is -2.11. The number of aryl methyl sites for hydroxylation is 4.